The molecule has 2 aromatic heterocycles. The summed E-state index contributed by atoms with van der Waals surface area (Å²) in [5.74, 6) is 5.91. The number of fused-ring (bicyclic) bond motifs is 2. The number of imide groups is 1. The number of benzene rings is 1. The highest BCUT2D eigenvalue weighted by Gasteiger charge is 2.43. The Morgan fingerprint density at radius 2 is 1.80 bits per heavy atom. The maximum atomic E-state index is 13.5. The molecule has 0 saturated carbocycles. The highest BCUT2D eigenvalue weighted by atomic mass is 28.3. The number of amides is 4. The van der Waals surface area contributed by atoms with Gasteiger partial charge in [-0.15, -0.1) is 0 Å². The minimum absolute atomic E-state index is 0.0840. The maximum absolute atomic E-state index is 13.5. The van der Waals surface area contributed by atoms with Crippen molar-refractivity contribution >= 4 is 54.5 Å². The molecule has 2 atom stereocenters. The number of hydrogen-bond donors (Lipinski definition) is 1. The molecule has 1 unspecified atom stereocenters. The molecule has 2 saturated heterocycles. The molecular weight excluding hydrogens is 765 g/mol. The molecule has 14 heteroatoms. The number of aromatic nitrogens is 2. The van der Waals surface area contributed by atoms with Crippen LogP contribution in [0.5, 0.6) is 0 Å². The van der Waals surface area contributed by atoms with Crippen molar-refractivity contribution in [3.8, 4) is 11.8 Å². The largest absolute Gasteiger partial charge is 0.443 e. The quantitative estimate of drug-likeness (QED) is 0.0749. The van der Waals surface area contributed by atoms with Crippen molar-refractivity contribution < 1.29 is 33.4 Å². The van der Waals surface area contributed by atoms with E-state index in [1.165, 1.54) is 0 Å². The zero-order valence-electron chi connectivity index (χ0n) is 35.8. The van der Waals surface area contributed by atoms with Crippen molar-refractivity contribution in [1.82, 2.24) is 24.3 Å². The Morgan fingerprint density at radius 3 is 2.53 bits per heavy atom. The summed E-state index contributed by atoms with van der Waals surface area (Å²) in [6.45, 7) is 13.9. The van der Waals surface area contributed by atoms with Crippen LogP contribution in [0, 0.1) is 11.8 Å². The molecule has 6 rings (SSSR count). The van der Waals surface area contributed by atoms with E-state index < -0.39 is 25.8 Å². The van der Waals surface area contributed by atoms with Crippen LogP contribution in [-0.4, -0.2) is 101 Å². The summed E-state index contributed by atoms with van der Waals surface area (Å²) in [5, 5.41) is 3.73. The monoisotopic (exact) mass is 824 g/mol. The van der Waals surface area contributed by atoms with Crippen LogP contribution in [0.1, 0.15) is 118 Å². The van der Waals surface area contributed by atoms with E-state index in [-0.39, 0.29) is 49.4 Å². The summed E-state index contributed by atoms with van der Waals surface area (Å²) in [5.41, 5.74) is 2.99. The molecule has 5 heterocycles. The van der Waals surface area contributed by atoms with Crippen molar-refractivity contribution in [2.75, 3.05) is 32.2 Å². The number of nitrogens with one attached hydrogen (secondary N) is 1. The molecule has 0 bridgehead atoms. The second-order valence-electron chi connectivity index (χ2n) is 18.2. The van der Waals surface area contributed by atoms with Gasteiger partial charge in [0, 0.05) is 75.0 Å². The van der Waals surface area contributed by atoms with Gasteiger partial charge in [-0.3, -0.25) is 29.0 Å². The Hall–Kier alpha value is -4.84. The molecule has 59 heavy (non-hydrogen) atoms. The fourth-order valence-electron chi connectivity index (χ4n) is 7.95. The summed E-state index contributed by atoms with van der Waals surface area (Å²) in [4.78, 5) is 75.5. The first-order valence-electron chi connectivity index (χ1n) is 21.1. The lowest BCUT2D eigenvalue weighted by Gasteiger charge is -2.35. The predicted octanol–water partition coefficient (Wildman–Crippen LogP) is 7.70. The van der Waals surface area contributed by atoms with E-state index in [0.29, 0.717) is 49.2 Å². The first kappa shape index (κ1) is 43.7. The number of likely N-dealkylation sites (tertiary alicyclic amines) is 2. The molecule has 13 nitrogen and oxygen atoms in total. The molecule has 3 aliphatic rings. The van der Waals surface area contributed by atoms with E-state index in [1.54, 1.807) is 27.8 Å². The summed E-state index contributed by atoms with van der Waals surface area (Å²) >= 11 is 0. The van der Waals surface area contributed by atoms with Crippen LogP contribution in [0.2, 0.25) is 25.7 Å². The highest BCUT2D eigenvalue weighted by Crippen LogP contribution is 2.36. The first-order valence-corrected chi connectivity index (χ1v) is 24.8. The van der Waals surface area contributed by atoms with Crippen LogP contribution in [0.3, 0.4) is 0 Å². The Kier molecular flexibility index (Phi) is 13.8. The van der Waals surface area contributed by atoms with E-state index >= 15 is 0 Å². The van der Waals surface area contributed by atoms with Gasteiger partial charge in [-0.25, -0.2) is 14.3 Å². The Morgan fingerprint density at radius 1 is 1.02 bits per heavy atom. The second-order valence-corrected chi connectivity index (χ2v) is 23.9. The molecule has 3 aromatic rings. The van der Waals surface area contributed by atoms with Gasteiger partial charge in [0.15, 0.2) is 0 Å². The van der Waals surface area contributed by atoms with E-state index in [9.17, 15) is 24.0 Å². The summed E-state index contributed by atoms with van der Waals surface area (Å²) in [7, 11) is 0.745. The van der Waals surface area contributed by atoms with Crippen LogP contribution >= 0.6 is 0 Å². The smallest absolute Gasteiger partial charge is 0.419 e. The van der Waals surface area contributed by atoms with Gasteiger partial charge in [0.05, 0.1) is 11.6 Å². The Balaban J connectivity index is 0.968. The number of hydrogen-bond acceptors (Lipinski definition) is 9. The van der Waals surface area contributed by atoms with Crippen LogP contribution in [-0.2, 0) is 30.4 Å². The fourth-order valence-corrected chi connectivity index (χ4v) is 8.71. The SMILES string of the molecule is CN1CCC[C@@H]1c1cc2cnc(NC(=O)CCCCCCC#Cc3cccc4c3CN(C3CCC(=O)N(COCC[Si](C)(C)C)C3=O)C4=O)cc2n1C(=O)OC(C)(C)C. The van der Waals surface area contributed by atoms with Crippen LogP contribution in [0.15, 0.2) is 36.5 Å². The molecule has 3 aliphatic heterocycles. The number of piperidine rings is 1. The van der Waals surface area contributed by atoms with Gasteiger partial charge in [0.1, 0.15) is 24.2 Å². The number of ether oxygens (including phenoxy) is 2. The number of rotatable bonds is 14. The van der Waals surface area contributed by atoms with Crippen molar-refractivity contribution in [3.05, 3.63) is 58.9 Å². The zero-order valence-corrected chi connectivity index (χ0v) is 36.8. The molecule has 0 spiro atoms. The minimum Gasteiger partial charge on any atom is -0.443 e. The van der Waals surface area contributed by atoms with E-state index in [4.69, 9.17) is 9.47 Å². The van der Waals surface area contributed by atoms with Gasteiger partial charge in [-0.05, 0) is 96.3 Å². The molecule has 316 valence electrons. The Labute approximate surface area is 349 Å². The number of nitrogens with zero attached hydrogens (tertiary/aromatic N) is 5. The van der Waals surface area contributed by atoms with Gasteiger partial charge >= 0.3 is 6.09 Å². The molecule has 0 aliphatic carbocycles. The van der Waals surface area contributed by atoms with Crippen molar-refractivity contribution in [2.24, 2.45) is 0 Å². The van der Waals surface area contributed by atoms with Crippen LogP contribution in [0.4, 0.5) is 10.6 Å². The van der Waals surface area contributed by atoms with Gasteiger partial charge in [0.25, 0.3) is 11.8 Å². The Bertz CT molecular complexity index is 2140. The van der Waals surface area contributed by atoms with Gasteiger partial charge in [-0.2, -0.15) is 0 Å². The molecule has 1 aromatic carbocycles. The topological polar surface area (TPSA) is 143 Å². The second kappa shape index (κ2) is 18.6. The van der Waals surface area contributed by atoms with Crippen molar-refractivity contribution in [1.29, 1.82) is 0 Å². The predicted molar refractivity (Wildman–Crippen MR) is 229 cm³/mol. The van der Waals surface area contributed by atoms with Gasteiger partial charge in [-0.1, -0.05) is 50.4 Å². The summed E-state index contributed by atoms with van der Waals surface area (Å²) in [6, 6.07) is 9.56. The lowest BCUT2D eigenvalue weighted by Crippen LogP contribution is -2.55. The lowest BCUT2D eigenvalue weighted by atomic mass is 10.0. The molecule has 0 radical (unpaired) electrons. The van der Waals surface area contributed by atoms with Crippen LogP contribution in [0.25, 0.3) is 10.9 Å². The van der Waals surface area contributed by atoms with E-state index in [2.05, 4.69) is 53.7 Å². The average molecular weight is 825 g/mol. The molecule has 1 N–H and O–H groups in total. The molecule has 4 amide bonds. The normalized spacial score (nSPS) is 18.7. The average Bonchev–Trinajstić information content (AvgIpc) is 3.86. The number of anilines is 1. The van der Waals surface area contributed by atoms with Gasteiger partial charge in [0.2, 0.25) is 11.8 Å². The standard InChI is InChI=1S/C45H60N6O7Si/c1-45(2,3)58-44(56)51-37-27-39(46-28-32(37)26-38(51)35-19-15-23-48(35)4)47-40(52)20-13-11-9-8-10-12-16-31-17-14-18-33-34(31)29-49(42(33)54)36-21-22-41(53)50(43(36)55)30-57-24-25-59(5,6)7/h14,17-18,26-28,35-36H,8-11,13,15,19-25,29-30H2,1-7H3,(H,46,47,52)/t35-,36?/m1/s1. The first-order chi connectivity index (χ1) is 28.0. The molecular formula is C45H60N6O7Si. The highest BCUT2D eigenvalue weighted by molar-refractivity contribution is 6.76. The third-order valence-electron chi connectivity index (χ3n) is 11.2. The number of carbonyl (C=O) groups excluding carboxylic acids is 5. The lowest BCUT2D eigenvalue weighted by molar-refractivity contribution is -0.158. The minimum atomic E-state index is -1.32. The van der Waals surface area contributed by atoms with Crippen molar-refractivity contribution in [2.45, 2.75) is 135 Å². The van der Waals surface area contributed by atoms with E-state index in [0.717, 1.165) is 71.8 Å². The number of carbonyl (C=O) groups is 5. The maximum Gasteiger partial charge on any atom is 0.419 e. The third-order valence-corrected chi connectivity index (χ3v) is 12.9. The zero-order chi connectivity index (χ0) is 42.5. The van der Waals surface area contributed by atoms with Crippen LogP contribution < -0.4 is 5.32 Å². The van der Waals surface area contributed by atoms with Gasteiger partial charge < -0.3 is 19.7 Å². The van der Waals surface area contributed by atoms with E-state index in [1.807, 2.05) is 39.0 Å². The third kappa shape index (κ3) is 10.9. The fraction of sp³-hybridized carbons (Fsp3) is 0.556. The van der Waals surface area contributed by atoms with Crippen molar-refractivity contribution in [3.63, 3.8) is 0 Å². The molecule has 2 fully saturated rings. The summed E-state index contributed by atoms with van der Waals surface area (Å²) in [6.07, 6.45) is 8.10. The number of unbranched alkanes of at least 4 members (excludes halogenated alkanes) is 4. The number of pyridine rings is 1. The summed E-state index contributed by atoms with van der Waals surface area (Å²) < 4.78 is 13.2.